The molecule has 0 saturated carbocycles. The van der Waals surface area contributed by atoms with Gasteiger partial charge in [-0.2, -0.15) is 5.26 Å². The Balaban J connectivity index is 2.91. The summed E-state index contributed by atoms with van der Waals surface area (Å²) in [6, 6.07) is 9.27. The number of hydrogen-bond donors (Lipinski definition) is 0. The van der Waals surface area contributed by atoms with Crippen LogP contribution in [0.1, 0.15) is 5.56 Å². The molecule has 0 unspecified atom stereocenters. The second-order valence-corrected chi connectivity index (χ2v) is 4.75. The van der Waals surface area contributed by atoms with E-state index in [0.29, 0.717) is 5.56 Å². The van der Waals surface area contributed by atoms with Crippen LogP contribution in [-0.4, -0.2) is 4.17 Å². The third-order valence-electron chi connectivity index (χ3n) is 1.22. The van der Waals surface area contributed by atoms with Gasteiger partial charge in [0.15, 0.2) is 4.17 Å². The highest BCUT2D eigenvalue weighted by Gasteiger charge is 2.05. The second kappa shape index (κ2) is 4.61. The monoisotopic (exact) mass is 217 g/mol. The molecule has 0 aliphatic carbocycles. The van der Waals surface area contributed by atoms with Crippen molar-refractivity contribution in [2.24, 2.45) is 0 Å². The minimum atomic E-state index is -0.528. The normalized spacial score (nSPS) is 9.83. The smallest absolute Gasteiger partial charge is 0.157 e. The average Bonchev–Trinajstić information content (AvgIpc) is 2.04. The van der Waals surface area contributed by atoms with E-state index in [9.17, 15) is 0 Å². The van der Waals surface area contributed by atoms with E-state index >= 15 is 0 Å². The fraction of sp³-hybridized carbons (Fsp3) is 0.125. The predicted octanol–water partition coefficient (Wildman–Crippen LogP) is 3.41. The predicted molar refractivity (Wildman–Crippen MR) is 52.5 cm³/mol. The van der Waals surface area contributed by atoms with Crippen LogP contribution in [0, 0.1) is 11.3 Å². The molecule has 0 atom stereocenters. The molecule has 1 aromatic rings. The van der Waals surface area contributed by atoms with E-state index in [4.69, 9.17) is 28.5 Å². The van der Waals surface area contributed by atoms with Crippen LogP contribution in [0.2, 0.25) is 0 Å². The molecular weight excluding hydrogens is 213 g/mol. The fourth-order valence-electron chi connectivity index (χ4n) is 0.758. The van der Waals surface area contributed by atoms with E-state index < -0.39 is 4.17 Å². The molecule has 0 radical (unpaired) electrons. The Bertz CT molecular complexity index is 306. The molecule has 1 aromatic carbocycles. The fourth-order valence-corrected chi connectivity index (χ4v) is 1.92. The van der Waals surface area contributed by atoms with Crippen molar-refractivity contribution in [2.75, 3.05) is 0 Å². The van der Waals surface area contributed by atoms with E-state index in [-0.39, 0.29) is 0 Å². The van der Waals surface area contributed by atoms with E-state index in [0.717, 1.165) is 4.90 Å². The van der Waals surface area contributed by atoms with Crippen molar-refractivity contribution in [3.63, 3.8) is 0 Å². The lowest BCUT2D eigenvalue weighted by atomic mass is 10.2. The lowest BCUT2D eigenvalue weighted by Crippen LogP contribution is -1.83. The van der Waals surface area contributed by atoms with Crippen LogP contribution < -0.4 is 0 Å². The summed E-state index contributed by atoms with van der Waals surface area (Å²) in [5, 5.41) is 8.68. The Morgan fingerprint density at radius 2 is 2.00 bits per heavy atom. The van der Waals surface area contributed by atoms with E-state index in [1.54, 1.807) is 12.1 Å². The molecule has 1 rings (SSSR count). The van der Waals surface area contributed by atoms with Gasteiger partial charge < -0.3 is 0 Å². The number of alkyl halides is 2. The van der Waals surface area contributed by atoms with Crippen molar-refractivity contribution in [2.45, 2.75) is 9.06 Å². The highest BCUT2D eigenvalue weighted by molar-refractivity contribution is 8.02. The Morgan fingerprint density at radius 3 is 2.58 bits per heavy atom. The average molecular weight is 218 g/mol. The topological polar surface area (TPSA) is 23.8 Å². The number of hydrogen-bond acceptors (Lipinski definition) is 2. The zero-order valence-corrected chi connectivity index (χ0v) is 8.33. The third kappa shape index (κ3) is 2.60. The summed E-state index contributed by atoms with van der Waals surface area (Å²) >= 11 is 12.4. The molecule has 12 heavy (non-hydrogen) atoms. The van der Waals surface area contributed by atoms with Crippen LogP contribution in [0.5, 0.6) is 0 Å². The maximum absolute atomic E-state index is 8.68. The van der Waals surface area contributed by atoms with Crippen LogP contribution in [0.3, 0.4) is 0 Å². The van der Waals surface area contributed by atoms with Gasteiger partial charge >= 0.3 is 0 Å². The van der Waals surface area contributed by atoms with Crippen LogP contribution in [0.4, 0.5) is 0 Å². The van der Waals surface area contributed by atoms with Gasteiger partial charge in [0, 0.05) is 4.90 Å². The molecule has 4 heteroatoms. The zero-order valence-electron chi connectivity index (χ0n) is 6.00. The van der Waals surface area contributed by atoms with Crippen molar-refractivity contribution >= 4 is 35.0 Å². The van der Waals surface area contributed by atoms with Crippen molar-refractivity contribution < 1.29 is 0 Å². The lowest BCUT2D eigenvalue weighted by Gasteiger charge is -2.02. The van der Waals surface area contributed by atoms with Crippen LogP contribution in [0.25, 0.3) is 0 Å². The number of thioether (sulfide) groups is 1. The first kappa shape index (κ1) is 9.73. The van der Waals surface area contributed by atoms with Gasteiger partial charge in [-0.25, -0.2) is 0 Å². The molecule has 0 aliphatic heterocycles. The highest BCUT2D eigenvalue weighted by Crippen LogP contribution is 2.30. The summed E-state index contributed by atoms with van der Waals surface area (Å²) in [4.78, 5) is 0.815. The standard InChI is InChI=1S/C8H5Cl2NS/c9-8(10)12-7-4-2-1-3-6(7)5-11/h1-4,8H. The van der Waals surface area contributed by atoms with Gasteiger partial charge in [0.2, 0.25) is 0 Å². The first-order valence-electron chi connectivity index (χ1n) is 3.18. The van der Waals surface area contributed by atoms with Gasteiger partial charge in [0.1, 0.15) is 6.07 Å². The van der Waals surface area contributed by atoms with Gasteiger partial charge in [0.25, 0.3) is 0 Å². The maximum Gasteiger partial charge on any atom is 0.157 e. The molecular formula is C8H5Cl2NS. The zero-order chi connectivity index (χ0) is 8.97. The van der Waals surface area contributed by atoms with E-state index in [2.05, 4.69) is 6.07 Å². The molecule has 0 aromatic heterocycles. The SMILES string of the molecule is N#Cc1ccccc1SC(Cl)Cl. The summed E-state index contributed by atoms with van der Waals surface area (Å²) in [5.41, 5.74) is 0.605. The third-order valence-corrected chi connectivity index (χ3v) is 2.55. The maximum atomic E-state index is 8.68. The molecule has 0 spiro atoms. The molecule has 0 heterocycles. The summed E-state index contributed by atoms with van der Waals surface area (Å²) in [6.45, 7) is 0. The Hall–Kier alpha value is -0.360. The lowest BCUT2D eigenvalue weighted by molar-refractivity contribution is 1.37. The van der Waals surface area contributed by atoms with E-state index in [1.165, 1.54) is 11.8 Å². The summed E-state index contributed by atoms with van der Waals surface area (Å²) in [5.74, 6) is 0. The van der Waals surface area contributed by atoms with Crippen molar-refractivity contribution in [3.05, 3.63) is 29.8 Å². The first-order valence-corrected chi connectivity index (χ1v) is 4.93. The van der Waals surface area contributed by atoms with Gasteiger partial charge in [-0.05, 0) is 12.1 Å². The molecule has 0 N–H and O–H groups in total. The Morgan fingerprint density at radius 1 is 1.33 bits per heavy atom. The van der Waals surface area contributed by atoms with Crippen LogP contribution in [0.15, 0.2) is 29.2 Å². The number of benzene rings is 1. The Labute approximate surface area is 85.3 Å². The van der Waals surface area contributed by atoms with Crippen LogP contribution >= 0.6 is 35.0 Å². The molecule has 0 amide bonds. The van der Waals surface area contributed by atoms with Gasteiger partial charge in [-0.3, -0.25) is 0 Å². The quantitative estimate of drug-likeness (QED) is 0.561. The van der Waals surface area contributed by atoms with Crippen molar-refractivity contribution in [1.82, 2.24) is 0 Å². The molecule has 1 nitrogen and oxygen atoms in total. The Kier molecular flexibility index (Phi) is 3.74. The summed E-state index contributed by atoms with van der Waals surface area (Å²) in [7, 11) is 0. The van der Waals surface area contributed by atoms with Crippen molar-refractivity contribution in [1.29, 1.82) is 5.26 Å². The largest absolute Gasteiger partial charge is 0.192 e. The highest BCUT2D eigenvalue weighted by atomic mass is 35.5. The van der Waals surface area contributed by atoms with E-state index in [1.807, 2.05) is 12.1 Å². The van der Waals surface area contributed by atoms with Gasteiger partial charge in [0.05, 0.1) is 5.56 Å². The number of nitriles is 1. The second-order valence-electron chi connectivity index (χ2n) is 1.99. The minimum Gasteiger partial charge on any atom is -0.192 e. The summed E-state index contributed by atoms with van der Waals surface area (Å²) < 4.78 is -0.528. The first-order chi connectivity index (χ1) is 5.74. The van der Waals surface area contributed by atoms with Crippen molar-refractivity contribution in [3.8, 4) is 6.07 Å². The molecule has 0 aliphatic rings. The number of halogens is 2. The van der Waals surface area contributed by atoms with Crippen LogP contribution in [-0.2, 0) is 0 Å². The number of nitrogens with zero attached hydrogens (tertiary/aromatic N) is 1. The molecule has 0 saturated heterocycles. The molecule has 62 valence electrons. The molecule has 0 bridgehead atoms. The minimum absolute atomic E-state index is 0.528. The number of rotatable bonds is 2. The molecule has 0 fully saturated rings. The van der Waals surface area contributed by atoms with Gasteiger partial charge in [-0.1, -0.05) is 47.1 Å². The summed E-state index contributed by atoms with van der Waals surface area (Å²) in [6.07, 6.45) is 0. The van der Waals surface area contributed by atoms with Gasteiger partial charge in [-0.15, -0.1) is 0 Å².